The Labute approximate surface area is 144 Å². The molecule has 1 heterocycles. The van der Waals surface area contributed by atoms with Crippen molar-refractivity contribution in [3.63, 3.8) is 0 Å². The van der Waals surface area contributed by atoms with Crippen LogP contribution in [0.2, 0.25) is 15.1 Å². The zero-order valence-electron chi connectivity index (χ0n) is 12.1. The summed E-state index contributed by atoms with van der Waals surface area (Å²) in [4.78, 5) is 25.8. The number of esters is 1. The van der Waals surface area contributed by atoms with Gasteiger partial charge in [-0.15, -0.1) is 0 Å². The van der Waals surface area contributed by atoms with E-state index in [2.05, 4.69) is 6.92 Å². The van der Waals surface area contributed by atoms with E-state index in [-0.39, 0.29) is 33.1 Å². The Bertz CT molecular complexity index is 584. The van der Waals surface area contributed by atoms with Gasteiger partial charge in [0, 0.05) is 13.1 Å². The van der Waals surface area contributed by atoms with Crippen molar-refractivity contribution in [2.24, 2.45) is 5.92 Å². The van der Waals surface area contributed by atoms with Crippen LogP contribution in [-0.4, -0.2) is 36.5 Å². The molecule has 0 atom stereocenters. The second kappa shape index (κ2) is 7.53. The van der Waals surface area contributed by atoms with Gasteiger partial charge in [-0.2, -0.15) is 0 Å². The largest absolute Gasteiger partial charge is 0.452 e. The number of likely N-dealkylation sites (tertiary alicyclic amines) is 1. The van der Waals surface area contributed by atoms with E-state index in [0.717, 1.165) is 12.8 Å². The van der Waals surface area contributed by atoms with Gasteiger partial charge in [0.1, 0.15) is 0 Å². The van der Waals surface area contributed by atoms with Crippen LogP contribution in [0.25, 0.3) is 0 Å². The van der Waals surface area contributed by atoms with Gasteiger partial charge in [-0.05, 0) is 30.9 Å². The highest BCUT2D eigenvalue weighted by molar-refractivity contribution is 6.46. The van der Waals surface area contributed by atoms with Crippen LogP contribution >= 0.6 is 34.8 Å². The fourth-order valence-electron chi connectivity index (χ4n) is 2.26. The average molecular weight is 365 g/mol. The predicted octanol–water partition coefficient (Wildman–Crippen LogP) is 4.06. The number of ether oxygens (including phenoxy) is 1. The molecule has 1 fully saturated rings. The Kier molecular flexibility index (Phi) is 5.95. The van der Waals surface area contributed by atoms with Gasteiger partial charge in [-0.25, -0.2) is 4.79 Å². The van der Waals surface area contributed by atoms with Gasteiger partial charge in [-0.1, -0.05) is 41.7 Å². The molecule has 0 spiro atoms. The summed E-state index contributed by atoms with van der Waals surface area (Å²) in [6.07, 6.45) is 1.93. The minimum absolute atomic E-state index is 0.0177. The SMILES string of the molecule is CC1CCN(C(=O)COC(=O)c2c(Cl)ccc(Cl)c2Cl)CC1. The van der Waals surface area contributed by atoms with E-state index in [4.69, 9.17) is 39.5 Å². The summed E-state index contributed by atoms with van der Waals surface area (Å²) in [5.74, 6) is -0.346. The molecule has 1 aromatic carbocycles. The molecule has 1 saturated heterocycles. The molecule has 1 amide bonds. The molecule has 1 aliphatic heterocycles. The van der Waals surface area contributed by atoms with Crippen LogP contribution in [0.3, 0.4) is 0 Å². The summed E-state index contributed by atoms with van der Waals surface area (Å²) in [7, 11) is 0. The van der Waals surface area contributed by atoms with E-state index in [9.17, 15) is 9.59 Å². The molecule has 22 heavy (non-hydrogen) atoms. The minimum Gasteiger partial charge on any atom is -0.452 e. The fourth-order valence-corrected chi connectivity index (χ4v) is 2.95. The molecule has 120 valence electrons. The first-order chi connectivity index (χ1) is 10.4. The van der Waals surface area contributed by atoms with Crippen LogP contribution in [0.4, 0.5) is 0 Å². The third-order valence-electron chi connectivity index (χ3n) is 3.71. The Morgan fingerprint density at radius 1 is 1.18 bits per heavy atom. The number of halogens is 3. The molecule has 0 radical (unpaired) electrons. The lowest BCUT2D eigenvalue weighted by atomic mass is 9.99. The molecule has 0 saturated carbocycles. The summed E-state index contributed by atoms with van der Waals surface area (Å²) in [6, 6.07) is 2.95. The first-order valence-electron chi connectivity index (χ1n) is 6.98. The normalized spacial score (nSPS) is 15.7. The standard InChI is InChI=1S/C15H16Cl3NO3/c1-9-4-6-19(7-5-9)12(20)8-22-15(21)13-10(16)2-3-11(17)14(13)18/h2-3,9H,4-8H2,1H3. The number of hydrogen-bond donors (Lipinski definition) is 0. The molecule has 0 unspecified atom stereocenters. The van der Waals surface area contributed by atoms with Gasteiger partial charge >= 0.3 is 5.97 Å². The molecule has 0 bridgehead atoms. The van der Waals surface area contributed by atoms with Gasteiger partial charge < -0.3 is 9.64 Å². The summed E-state index contributed by atoms with van der Waals surface area (Å²) in [5, 5.41) is 0.367. The van der Waals surface area contributed by atoms with Crippen molar-refractivity contribution in [3.8, 4) is 0 Å². The molecule has 0 aliphatic carbocycles. The highest BCUT2D eigenvalue weighted by atomic mass is 35.5. The average Bonchev–Trinajstić information content (AvgIpc) is 2.49. The third kappa shape index (κ3) is 4.06. The smallest absolute Gasteiger partial charge is 0.341 e. The highest BCUT2D eigenvalue weighted by Crippen LogP contribution is 2.31. The molecular formula is C15H16Cl3NO3. The summed E-state index contributed by atoms with van der Waals surface area (Å²) >= 11 is 17.8. The molecular weight excluding hydrogens is 349 g/mol. The number of hydrogen-bond acceptors (Lipinski definition) is 3. The maximum absolute atomic E-state index is 12.1. The predicted molar refractivity (Wildman–Crippen MR) is 86.7 cm³/mol. The topological polar surface area (TPSA) is 46.6 Å². The van der Waals surface area contributed by atoms with E-state index in [1.54, 1.807) is 4.90 Å². The molecule has 0 N–H and O–H groups in total. The van der Waals surface area contributed by atoms with Crippen molar-refractivity contribution < 1.29 is 14.3 Å². The summed E-state index contributed by atoms with van der Waals surface area (Å²) < 4.78 is 5.03. The molecule has 1 aromatic rings. The van der Waals surface area contributed by atoms with Crippen LogP contribution in [0, 0.1) is 5.92 Å². The van der Waals surface area contributed by atoms with E-state index >= 15 is 0 Å². The highest BCUT2D eigenvalue weighted by Gasteiger charge is 2.23. The van der Waals surface area contributed by atoms with Gasteiger partial charge in [0.25, 0.3) is 5.91 Å². The van der Waals surface area contributed by atoms with E-state index < -0.39 is 5.97 Å². The molecule has 7 heteroatoms. The molecule has 2 rings (SSSR count). The molecule has 1 aliphatic rings. The lowest BCUT2D eigenvalue weighted by Gasteiger charge is -2.30. The van der Waals surface area contributed by atoms with Crippen molar-refractivity contribution in [1.29, 1.82) is 0 Å². The zero-order chi connectivity index (χ0) is 16.3. The van der Waals surface area contributed by atoms with Gasteiger partial charge in [0.15, 0.2) is 6.61 Å². The Morgan fingerprint density at radius 2 is 1.77 bits per heavy atom. The number of amides is 1. The van der Waals surface area contributed by atoms with Crippen LogP contribution in [0.15, 0.2) is 12.1 Å². The molecule has 4 nitrogen and oxygen atoms in total. The third-order valence-corrected chi connectivity index (χ3v) is 4.83. The lowest BCUT2D eigenvalue weighted by Crippen LogP contribution is -2.40. The quantitative estimate of drug-likeness (QED) is 0.600. The lowest BCUT2D eigenvalue weighted by molar-refractivity contribution is -0.135. The van der Waals surface area contributed by atoms with E-state index in [1.165, 1.54) is 12.1 Å². The van der Waals surface area contributed by atoms with Crippen molar-refractivity contribution in [3.05, 3.63) is 32.8 Å². The maximum atomic E-state index is 12.1. The van der Waals surface area contributed by atoms with Gasteiger partial charge in [-0.3, -0.25) is 4.79 Å². The number of piperidine rings is 1. The van der Waals surface area contributed by atoms with Gasteiger partial charge in [0.2, 0.25) is 0 Å². The van der Waals surface area contributed by atoms with Crippen molar-refractivity contribution in [2.75, 3.05) is 19.7 Å². The van der Waals surface area contributed by atoms with Crippen molar-refractivity contribution in [1.82, 2.24) is 4.90 Å². The monoisotopic (exact) mass is 363 g/mol. The second-order valence-electron chi connectivity index (χ2n) is 5.36. The van der Waals surface area contributed by atoms with Crippen LogP contribution in [0.1, 0.15) is 30.1 Å². The molecule has 0 aromatic heterocycles. The maximum Gasteiger partial charge on any atom is 0.341 e. The first kappa shape index (κ1) is 17.4. The first-order valence-corrected chi connectivity index (χ1v) is 8.12. The second-order valence-corrected chi connectivity index (χ2v) is 6.55. The van der Waals surface area contributed by atoms with Crippen LogP contribution < -0.4 is 0 Å². The Morgan fingerprint density at radius 3 is 2.41 bits per heavy atom. The fraction of sp³-hybridized carbons (Fsp3) is 0.467. The number of carbonyl (C=O) groups is 2. The van der Waals surface area contributed by atoms with Crippen LogP contribution in [-0.2, 0) is 9.53 Å². The Balaban J connectivity index is 1.96. The number of nitrogens with zero attached hydrogens (tertiary/aromatic N) is 1. The van der Waals surface area contributed by atoms with Crippen LogP contribution in [0.5, 0.6) is 0 Å². The van der Waals surface area contributed by atoms with E-state index in [1.807, 2.05) is 0 Å². The Hall–Kier alpha value is -0.970. The zero-order valence-corrected chi connectivity index (χ0v) is 14.3. The number of rotatable bonds is 3. The van der Waals surface area contributed by atoms with Gasteiger partial charge in [0.05, 0.1) is 20.6 Å². The summed E-state index contributed by atoms with van der Waals surface area (Å²) in [6.45, 7) is 3.21. The van der Waals surface area contributed by atoms with E-state index in [0.29, 0.717) is 19.0 Å². The van der Waals surface area contributed by atoms with Crippen molar-refractivity contribution in [2.45, 2.75) is 19.8 Å². The minimum atomic E-state index is -0.753. The van der Waals surface area contributed by atoms with Crippen molar-refractivity contribution >= 4 is 46.7 Å². The number of carbonyl (C=O) groups excluding carboxylic acids is 2. The number of benzene rings is 1. The summed E-state index contributed by atoms with van der Waals surface area (Å²) in [5.41, 5.74) is -0.0177.